The molecule has 0 aromatic heterocycles. The number of aromatic hydroxyl groups is 1. The number of nitrogens with one attached hydrogen (secondary N) is 2. The van der Waals surface area contributed by atoms with Crippen LogP contribution < -0.4 is 15.4 Å². The number of amides is 1. The molecule has 0 aliphatic carbocycles. The van der Waals surface area contributed by atoms with Crippen molar-refractivity contribution in [1.82, 2.24) is 10.6 Å². The average Bonchev–Trinajstić information content (AvgIpc) is 2.73. The van der Waals surface area contributed by atoms with Crippen molar-refractivity contribution in [3.63, 3.8) is 0 Å². The molecule has 1 heterocycles. The van der Waals surface area contributed by atoms with Gasteiger partial charge in [0.1, 0.15) is 5.70 Å². The van der Waals surface area contributed by atoms with Gasteiger partial charge in [0.05, 0.1) is 0 Å². The van der Waals surface area contributed by atoms with E-state index in [1.165, 1.54) is 24.3 Å². The number of carbonyl (C=O) groups excluding carboxylic acids is 1. The molecule has 0 saturated carbocycles. The second-order valence-corrected chi connectivity index (χ2v) is 4.07. The fraction of sp³-hybridized carbons (Fsp3) is 0.231. The molecule has 0 unspecified atom stereocenters. The molecule has 112 valence electrons. The highest BCUT2D eigenvalue weighted by atomic mass is 19.3. The molecule has 1 fully saturated rings. The number of nitrogens with zero attached hydrogens (tertiary/aromatic N) is 1. The first-order chi connectivity index (χ1) is 9.99. The van der Waals surface area contributed by atoms with Gasteiger partial charge in [-0.05, 0) is 30.7 Å². The van der Waals surface area contributed by atoms with Crippen molar-refractivity contribution in [2.45, 2.75) is 13.5 Å². The molecular formula is C13H13F2N3O3. The molecule has 1 aromatic rings. The molecule has 0 atom stereocenters. The second-order valence-electron chi connectivity index (χ2n) is 4.07. The summed E-state index contributed by atoms with van der Waals surface area (Å²) in [6.45, 7) is -0.686. The van der Waals surface area contributed by atoms with Gasteiger partial charge in [0, 0.05) is 6.54 Å². The molecular weight excluding hydrogens is 284 g/mol. The Morgan fingerprint density at radius 1 is 1.43 bits per heavy atom. The number of carbonyl (C=O) groups is 1. The lowest BCUT2D eigenvalue weighted by atomic mass is 10.1. The van der Waals surface area contributed by atoms with Gasteiger partial charge in [-0.15, -0.1) is 0 Å². The molecule has 0 spiro atoms. The van der Waals surface area contributed by atoms with Crippen LogP contribution in [0.1, 0.15) is 12.5 Å². The standard InChI is InChI=1S/C13H13F2N3O3/c1-2-16-13-17-8(11(20)18-13)5-7-3-4-10(9(19)6-7)21-12(14)15/h3-6,12,19H,2H2,1H3,(H2,16,17,18,20)/b8-5-. The molecule has 1 amide bonds. The predicted octanol–water partition coefficient (Wildman–Crippen LogP) is 1.43. The third-order valence-electron chi connectivity index (χ3n) is 2.56. The topological polar surface area (TPSA) is 83.0 Å². The molecule has 0 radical (unpaired) electrons. The quantitative estimate of drug-likeness (QED) is 0.734. The Kier molecular flexibility index (Phi) is 4.36. The van der Waals surface area contributed by atoms with Gasteiger partial charge in [0.2, 0.25) is 5.96 Å². The smallest absolute Gasteiger partial charge is 0.387 e. The molecule has 21 heavy (non-hydrogen) atoms. The maximum atomic E-state index is 12.1. The molecule has 1 aliphatic rings. The number of ether oxygens (including phenoxy) is 1. The second kappa shape index (κ2) is 6.21. The highest BCUT2D eigenvalue weighted by Crippen LogP contribution is 2.29. The average molecular weight is 297 g/mol. The number of phenols is 1. The zero-order valence-corrected chi connectivity index (χ0v) is 11.1. The molecule has 1 aliphatic heterocycles. The number of alkyl halides is 2. The molecule has 1 saturated heterocycles. The van der Waals surface area contributed by atoms with Crippen LogP contribution in [0.4, 0.5) is 8.78 Å². The Bertz CT molecular complexity index is 615. The summed E-state index contributed by atoms with van der Waals surface area (Å²) in [5.74, 6) is -0.792. The van der Waals surface area contributed by atoms with Crippen LogP contribution in [0.25, 0.3) is 6.08 Å². The number of phenolic OH excluding ortho intramolecular Hbond substituents is 1. The SMILES string of the molecule is CCN=C1NC(=O)/C(=C/c2ccc(OC(F)F)c(O)c2)N1. The molecule has 0 bridgehead atoms. The van der Waals surface area contributed by atoms with Gasteiger partial charge in [-0.3, -0.25) is 15.1 Å². The van der Waals surface area contributed by atoms with Crippen molar-refractivity contribution in [2.75, 3.05) is 6.54 Å². The first kappa shape index (κ1) is 14.8. The predicted molar refractivity (Wildman–Crippen MR) is 72.0 cm³/mol. The first-order valence-corrected chi connectivity index (χ1v) is 6.12. The Hall–Kier alpha value is -2.64. The minimum atomic E-state index is -3.02. The van der Waals surface area contributed by atoms with Crippen LogP contribution in [-0.2, 0) is 4.79 Å². The van der Waals surface area contributed by atoms with Crippen molar-refractivity contribution in [3.05, 3.63) is 29.5 Å². The Labute approximate surface area is 119 Å². The summed E-state index contributed by atoms with van der Waals surface area (Å²) in [5, 5.41) is 14.9. The summed E-state index contributed by atoms with van der Waals surface area (Å²) in [6, 6.07) is 3.85. The zero-order valence-electron chi connectivity index (χ0n) is 11.1. The maximum Gasteiger partial charge on any atom is 0.387 e. The number of benzene rings is 1. The minimum Gasteiger partial charge on any atom is -0.504 e. The number of aliphatic imine (C=N–C) groups is 1. The van der Waals surface area contributed by atoms with Crippen molar-refractivity contribution in [1.29, 1.82) is 0 Å². The van der Waals surface area contributed by atoms with E-state index in [9.17, 15) is 18.7 Å². The van der Waals surface area contributed by atoms with Crippen LogP contribution in [0.3, 0.4) is 0 Å². The van der Waals surface area contributed by atoms with E-state index in [1.54, 1.807) is 0 Å². The summed E-state index contributed by atoms with van der Waals surface area (Å²) >= 11 is 0. The minimum absolute atomic E-state index is 0.240. The first-order valence-electron chi connectivity index (χ1n) is 6.12. The van der Waals surface area contributed by atoms with E-state index in [1.807, 2.05) is 6.92 Å². The molecule has 6 nitrogen and oxygen atoms in total. The number of rotatable bonds is 4. The van der Waals surface area contributed by atoms with E-state index in [0.717, 1.165) is 0 Å². The molecule has 2 rings (SSSR count). The van der Waals surface area contributed by atoms with Gasteiger partial charge in [-0.25, -0.2) is 0 Å². The lowest BCUT2D eigenvalue weighted by molar-refractivity contribution is -0.115. The van der Waals surface area contributed by atoms with Gasteiger partial charge in [0.15, 0.2) is 11.5 Å². The summed E-state index contributed by atoms with van der Waals surface area (Å²) in [5.41, 5.74) is 0.689. The van der Waals surface area contributed by atoms with Gasteiger partial charge < -0.3 is 15.2 Å². The van der Waals surface area contributed by atoms with Gasteiger partial charge in [0.25, 0.3) is 5.91 Å². The number of guanidine groups is 1. The third kappa shape index (κ3) is 3.68. The van der Waals surface area contributed by atoms with Crippen molar-refractivity contribution in [3.8, 4) is 11.5 Å². The normalized spacial score (nSPS) is 18.2. The van der Waals surface area contributed by atoms with Gasteiger partial charge in [-0.1, -0.05) is 6.07 Å². The van der Waals surface area contributed by atoms with Gasteiger partial charge in [-0.2, -0.15) is 8.78 Å². The van der Waals surface area contributed by atoms with Crippen LogP contribution in [0.5, 0.6) is 11.5 Å². The lowest BCUT2D eigenvalue weighted by Crippen LogP contribution is -2.25. The Morgan fingerprint density at radius 3 is 2.81 bits per heavy atom. The van der Waals surface area contributed by atoms with Crippen molar-refractivity contribution in [2.24, 2.45) is 4.99 Å². The van der Waals surface area contributed by atoms with Crippen molar-refractivity contribution < 1.29 is 23.4 Å². The van der Waals surface area contributed by atoms with Crippen LogP contribution in [0, 0.1) is 0 Å². The highest BCUT2D eigenvalue weighted by Gasteiger charge is 2.21. The molecule has 8 heteroatoms. The lowest BCUT2D eigenvalue weighted by Gasteiger charge is -2.07. The summed E-state index contributed by atoms with van der Waals surface area (Å²) in [6.07, 6.45) is 1.46. The summed E-state index contributed by atoms with van der Waals surface area (Å²) in [4.78, 5) is 15.7. The van der Waals surface area contributed by atoms with E-state index in [0.29, 0.717) is 18.1 Å². The molecule has 1 aromatic carbocycles. The highest BCUT2D eigenvalue weighted by molar-refractivity contribution is 6.15. The Balaban J connectivity index is 2.20. The van der Waals surface area contributed by atoms with E-state index in [2.05, 4.69) is 20.4 Å². The van der Waals surface area contributed by atoms with Crippen LogP contribution in [0.15, 0.2) is 28.9 Å². The van der Waals surface area contributed by atoms with E-state index in [-0.39, 0.29) is 17.4 Å². The van der Waals surface area contributed by atoms with Gasteiger partial charge >= 0.3 is 6.61 Å². The zero-order chi connectivity index (χ0) is 15.4. The van der Waals surface area contributed by atoms with Crippen molar-refractivity contribution >= 4 is 17.9 Å². The maximum absolute atomic E-state index is 12.1. The van der Waals surface area contributed by atoms with Crippen LogP contribution in [-0.4, -0.2) is 30.1 Å². The summed E-state index contributed by atoms with van der Waals surface area (Å²) in [7, 11) is 0. The summed E-state index contributed by atoms with van der Waals surface area (Å²) < 4.78 is 28.3. The van der Waals surface area contributed by atoms with E-state index in [4.69, 9.17) is 0 Å². The number of hydrogen-bond acceptors (Lipinski definition) is 4. The number of halogens is 2. The number of hydrogen-bond donors (Lipinski definition) is 3. The third-order valence-corrected chi connectivity index (χ3v) is 2.56. The molecule has 3 N–H and O–H groups in total. The van der Waals surface area contributed by atoms with Crippen LogP contribution >= 0.6 is 0 Å². The largest absolute Gasteiger partial charge is 0.504 e. The Morgan fingerprint density at radius 2 is 2.19 bits per heavy atom. The fourth-order valence-corrected chi connectivity index (χ4v) is 1.72. The van der Waals surface area contributed by atoms with Crippen LogP contribution in [0.2, 0.25) is 0 Å². The van der Waals surface area contributed by atoms with E-state index < -0.39 is 12.4 Å². The monoisotopic (exact) mass is 297 g/mol. The fourth-order valence-electron chi connectivity index (χ4n) is 1.72. The van der Waals surface area contributed by atoms with E-state index >= 15 is 0 Å².